The Bertz CT molecular complexity index is 1200. The number of hydrogen-bond donors (Lipinski definition) is 3. The zero-order chi connectivity index (χ0) is 23.8. The lowest BCUT2D eigenvalue weighted by atomic mass is 9.90. The van der Waals surface area contributed by atoms with E-state index in [1.54, 1.807) is 29.8 Å². The number of aliphatic carboxylic acids is 1. The predicted octanol–water partition coefficient (Wildman–Crippen LogP) is 1.76. The summed E-state index contributed by atoms with van der Waals surface area (Å²) < 4.78 is 29.2. The number of carbonyl (C=O) groups excluding carboxylic acids is 2. The third kappa shape index (κ3) is 5.01. The molecular weight excluding hydrogens is 483 g/mol. The van der Waals surface area contributed by atoms with E-state index in [1.165, 1.54) is 0 Å². The summed E-state index contributed by atoms with van der Waals surface area (Å²) in [4.78, 5) is 35.6. The van der Waals surface area contributed by atoms with E-state index < -0.39 is 40.0 Å². The van der Waals surface area contributed by atoms with Gasteiger partial charge in [-0.2, -0.15) is 12.7 Å². The SMILES string of the molecule is CC(=O)NS(=O)(=O)N1CC[C@H](NC(=O)c2cc3c(Cl)c(Cl)ccc3n2C)[C@H](CC(=O)O)C1. The van der Waals surface area contributed by atoms with Gasteiger partial charge >= 0.3 is 16.2 Å². The zero-order valence-corrected chi connectivity index (χ0v) is 19.6. The smallest absolute Gasteiger partial charge is 0.303 e. The molecule has 2 aromatic rings. The van der Waals surface area contributed by atoms with Crippen LogP contribution in [0.1, 0.15) is 30.3 Å². The monoisotopic (exact) mass is 504 g/mol. The van der Waals surface area contributed by atoms with Crippen molar-refractivity contribution in [2.24, 2.45) is 13.0 Å². The van der Waals surface area contributed by atoms with Crippen LogP contribution in [0.2, 0.25) is 10.0 Å². The van der Waals surface area contributed by atoms with Crippen LogP contribution >= 0.6 is 23.2 Å². The van der Waals surface area contributed by atoms with Crippen LogP contribution in [-0.4, -0.2) is 59.3 Å². The summed E-state index contributed by atoms with van der Waals surface area (Å²) in [5.74, 6) is -3.01. The van der Waals surface area contributed by atoms with Crippen molar-refractivity contribution in [2.75, 3.05) is 13.1 Å². The highest BCUT2D eigenvalue weighted by Gasteiger charge is 2.37. The molecule has 0 bridgehead atoms. The van der Waals surface area contributed by atoms with Crippen molar-refractivity contribution in [2.45, 2.75) is 25.8 Å². The average molecular weight is 505 g/mol. The third-order valence-corrected chi connectivity index (χ3v) is 7.78. The van der Waals surface area contributed by atoms with E-state index in [0.29, 0.717) is 26.6 Å². The summed E-state index contributed by atoms with van der Waals surface area (Å²) in [6.45, 7) is 0.930. The number of benzene rings is 1. The van der Waals surface area contributed by atoms with Gasteiger partial charge in [0.25, 0.3) is 5.91 Å². The fourth-order valence-corrected chi connectivity index (χ4v) is 5.50. The van der Waals surface area contributed by atoms with E-state index >= 15 is 0 Å². The van der Waals surface area contributed by atoms with Crippen molar-refractivity contribution in [1.29, 1.82) is 0 Å². The summed E-state index contributed by atoms with van der Waals surface area (Å²) in [6.07, 6.45) is -0.174. The lowest BCUT2D eigenvalue weighted by Crippen LogP contribution is -2.55. The van der Waals surface area contributed by atoms with E-state index in [1.807, 2.05) is 4.72 Å². The second kappa shape index (κ2) is 9.26. The average Bonchev–Trinajstić information content (AvgIpc) is 3.02. The minimum atomic E-state index is -4.09. The number of fused-ring (bicyclic) bond motifs is 1. The lowest BCUT2D eigenvalue weighted by Gasteiger charge is -2.37. The van der Waals surface area contributed by atoms with Gasteiger partial charge in [0.15, 0.2) is 0 Å². The molecule has 2 amide bonds. The molecule has 0 unspecified atom stereocenters. The number of carbonyl (C=O) groups is 3. The topological polar surface area (TPSA) is 138 Å². The highest BCUT2D eigenvalue weighted by atomic mass is 35.5. The van der Waals surface area contributed by atoms with Crippen LogP contribution in [0.25, 0.3) is 10.9 Å². The molecule has 1 aliphatic rings. The van der Waals surface area contributed by atoms with Crippen LogP contribution in [0.4, 0.5) is 0 Å². The third-order valence-electron chi connectivity index (χ3n) is 5.41. The van der Waals surface area contributed by atoms with Crippen molar-refractivity contribution in [3.05, 3.63) is 33.9 Å². The number of amides is 2. The molecule has 3 rings (SSSR count). The van der Waals surface area contributed by atoms with Gasteiger partial charge in [0.1, 0.15) is 5.69 Å². The minimum absolute atomic E-state index is 0.0141. The standard InChI is InChI=1S/C19H22Cl2N4O6S/c1-10(26)23-32(30,31)25-6-5-14(11(9-25)7-17(27)28)22-19(29)16-8-12-15(24(16)2)4-3-13(20)18(12)21/h3-4,8,11,14H,5-7,9H2,1-2H3,(H,22,29)(H,23,26)(H,27,28)/t11-,14+/m1/s1. The number of rotatable bonds is 6. The molecule has 2 atom stereocenters. The largest absolute Gasteiger partial charge is 0.481 e. The first-order valence-electron chi connectivity index (χ1n) is 9.65. The van der Waals surface area contributed by atoms with Crippen molar-refractivity contribution in [3.63, 3.8) is 0 Å². The van der Waals surface area contributed by atoms with Gasteiger partial charge in [0, 0.05) is 49.9 Å². The minimum Gasteiger partial charge on any atom is -0.481 e. The maximum atomic E-state index is 13.0. The van der Waals surface area contributed by atoms with E-state index in [0.717, 1.165) is 11.2 Å². The molecule has 2 heterocycles. The Balaban J connectivity index is 1.83. The van der Waals surface area contributed by atoms with Gasteiger partial charge in [0.05, 0.1) is 16.5 Å². The Morgan fingerprint density at radius 2 is 1.94 bits per heavy atom. The Hall–Kier alpha value is -2.34. The molecule has 13 heteroatoms. The Morgan fingerprint density at radius 1 is 1.25 bits per heavy atom. The first-order valence-corrected chi connectivity index (χ1v) is 11.8. The second-order valence-corrected chi connectivity index (χ2v) is 10.1. The first-order chi connectivity index (χ1) is 14.9. The van der Waals surface area contributed by atoms with Crippen LogP contribution in [0.3, 0.4) is 0 Å². The second-order valence-electron chi connectivity index (χ2n) is 7.63. The van der Waals surface area contributed by atoms with E-state index in [-0.39, 0.29) is 25.9 Å². The summed E-state index contributed by atoms with van der Waals surface area (Å²) in [6, 6.07) is 4.38. The van der Waals surface area contributed by atoms with Gasteiger partial charge in [-0.05, 0) is 24.6 Å². The van der Waals surface area contributed by atoms with Crippen molar-refractivity contribution < 1.29 is 27.9 Å². The number of halogens is 2. The van der Waals surface area contributed by atoms with E-state index in [2.05, 4.69) is 5.32 Å². The van der Waals surface area contributed by atoms with Crippen LogP contribution < -0.4 is 10.0 Å². The molecule has 1 aromatic heterocycles. The van der Waals surface area contributed by atoms with Crippen molar-refractivity contribution in [1.82, 2.24) is 18.9 Å². The Kier molecular flexibility index (Phi) is 7.03. The lowest BCUT2D eigenvalue weighted by molar-refractivity contribution is -0.138. The molecule has 1 fully saturated rings. The predicted molar refractivity (Wildman–Crippen MR) is 119 cm³/mol. The van der Waals surface area contributed by atoms with E-state index in [4.69, 9.17) is 23.2 Å². The van der Waals surface area contributed by atoms with E-state index in [9.17, 15) is 27.9 Å². The fraction of sp³-hybridized carbons (Fsp3) is 0.421. The fourth-order valence-electron chi connectivity index (χ4n) is 3.89. The van der Waals surface area contributed by atoms with Crippen molar-refractivity contribution in [3.8, 4) is 0 Å². The summed E-state index contributed by atoms with van der Waals surface area (Å²) in [5, 5.41) is 13.4. The highest BCUT2D eigenvalue weighted by molar-refractivity contribution is 7.87. The van der Waals surface area contributed by atoms with Gasteiger partial charge in [-0.15, -0.1) is 0 Å². The van der Waals surface area contributed by atoms with Crippen LogP contribution in [0, 0.1) is 5.92 Å². The molecule has 10 nitrogen and oxygen atoms in total. The summed E-state index contributed by atoms with van der Waals surface area (Å²) in [7, 11) is -2.40. The highest BCUT2D eigenvalue weighted by Crippen LogP contribution is 2.32. The van der Waals surface area contributed by atoms with Gasteiger partial charge in [0.2, 0.25) is 5.91 Å². The number of aromatic nitrogens is 1. The summed E-state index contributed by atoms with van der Waals surface area (Å²) in [5.41, 5.74) is 0.995. The molecule has 1 saturated heterocycles. The zero-order valence-electron chi connectivity index (χ0n) is 17.3. The molecule has 1 aromatic carbocycles. The summed E-state index contributed by atoms with van der Waals surface area (Å²) >= 11 is 12.3. The van der Waals surface area contributed by atoms with Gasteiger partial charge in [-0.1, -0.05) is 23.2 Å². The number of carboxylic acids is 1. The molecule has 0 aliphatic carbocycles. The van der Waals surface area contributed by atoms with Crippen molar-refractivity contribution >= 4 is 62.1 Å². The Morgan fingerprint density at radius 3 is 2.56 bits per heavy atom. The number of piperidine rings is 1. The molecule has 3 N–H and O–H groups in total. The number of nitrogens with one attached hydrogen (secondary N) is 2. The molecule has 0 saturated carbocycles. The molecule has 32 heavy (non-hydrogen) atoms. The maximum Gasteiger partial charge on any atom is 0.303 e. The van der Waals surface area contributed by atoms with Crippen LogP contribution in [0.15, 0.2) is 18.2 Å². The quantitative estimate of drug-likeness (QED) is 0.547. The molecular formula is C19H22Cl2N4O6S. The maximum absolute atomic E-state index is 13.0. The molecule has 1 aliphatic heterocycles. The number of carboxylic acid groups (broad SMARTS) is 1. The first kappa shape index (κ1) is 24.3. The van der Waals surface area contributed by atoms with Gasteiger partial charge in [-0.25, -0.2) is 4.72 Å². The van der Waals surface area contributed by atoms with Gasteiger partial charge in [-0.3, -0.25) is 14.4 Å². The van der Waals surface area contributed by atoms with Crippen LogP contribution in [-0.2, 0) is 26.8 Å². The molecule has 174 valence electrons. The number of nitrogens with zero attached hydrogens (tertiary/aromatic N) is 2. The molecule has 0 radical (unpaired) electrons. The number of hydrogen-bond acceptors (Lipinski definition) is 5. The normalized spacial score (nSPS) is 19.6. The Labute approximate surface area is 194 Å². The van der Waals surface area contributed by atoms with Crippen LogP contribution in [0.5, 0.6) is 0 Å². The van der Waals surface area contributed by atoms with Gasteiger partial charge < -0.3 is 15.0 Å². The number of aryl methyl sites for hydroxylation is 1. The molecule has 0 spiro atoms.